The van der Waals surface area contributed by atoms with Gasteiger partial charge in [-0.2, -0.15) is 0 Å². The lowest BCUT2D eigenvalue weighted by Gasteiger charge is -2.36. The normalized spacial score (nSPS) is 14.7. The summed E-state index contributed by atoms with van der Waals surface area (Å²) in [4.78, 5) is 41.5. The third-order valence-corrected chi connectivity index (χ3v) is 8.66. The molecule has 1 aliphatic rings. The molecule has 2 aromatic heterocycles. The van der Waals surface area contributed by atoms with Crippen molar-refractivity contribution in [3.05, 3.63) is 51.7 Å². The van der Waals surface area contributed by atoms with Crippen LogP contribution in [0.5, 0.6) is 0 Å². The molecule has 4 rings (SSSR count). The van der Waals surface area contributed by atoms with Gasteiger partial charge < -0.3 is 25.2 Å². The van der Waals surface area contributed by atoms with Gasteiger partial charge in [-0.25, -0.2) is 15.0 Å². The number of benzene rings is 1. The highest BCUT2D eigenvalue weighted by atomic mass is 35.5. The quantitative estimate of drug-likeness (QED) is 0.355. The zero-order valence-corrected chi connectivity index (χ0v) is 23.6. The van der Waals surface area contributed by atoms with Gasteiger partial charge in [-0.3, -0.25) is 4.79 Å². The second kappa shape index (κ2) is 11.2. The Hall–Kier alpha value is -2.57. The fourth-order valence-corrected chi connectivity index (χ4v) is 5.77. The summed E-state index contributed by atoms with van der Waals surface area (Å²) < 4.78 is 0. The first-order chi connectivity index (χ1) is 17.1. The number of hydrogen-bond acceptors (Lipinski definition) is 9. The smallest absolute Gasteiger partial charge is 0.267 e. The number of para-hydroxylation sites is 1. The van der Waals surface area contributed by atoms with Crippen LogP contribution in [0.4, 0.5) is 22.5 Å². The number of nitrogens with zero attached hydrogens (tertiary/aromatic N) is 5. The lowest BCUT2D eigenvalue weighted by molar-refractivity contribution is 0.103. The Bertz CT molecular complexity index is 1210. The Labute approximate surface area is 221 Å². The maximum atomic E-state index is 12.8. The van der Waals surface area contributed by atoms with Gasteiger partial charge in [0.2, 0.25) is 0 Å². The predicted octanol–water partition coefficient (Wildman–Crippen LogP) is 4.52. The van der Waals surface area contributed by atoms with Gasteiger partial charge in [-0.15, -0.1) is 0 Å². The number of carbonyl (C=O) groups is 1. The van der Waals surface area contributed by atoms with E-state index in [2.05, 4.69) is 35.4 Å². The molecule has 9 nitrogen and oxygen atoms in total. The average molecular weight is 546 g/mol. The zero-order chi connectivity index (χ0) is 25.9. The van der Waals surface area contributed by atoms with E-state index in [1.807, 2.05) is 45.1 Å². The molecule has 0 saturated carbocycles. The molecule has 36 heavy (non-hydrogen) atoms. The van der Waals surface area contributed by atoms with Gasteiger partial charge >= 0.3 is 0 Å². The molecule has 3 heterocycles. The number of thiazole rings is 1. The summed E-state index contributed by atoms with van der Waals surface area (Å²) in [6, 6.07) is 8.29. The maximum Gasteiger partial charge on any atom is 0.267 e. The number of aryl methyl sites for hydroxylation is 2. The Morgan fingerprint density at radius 1 is 1.19 bits per heavy atom. The maximum absolute atomic E-state index is 12.8. The van der Waals surface area contributed by atoms with Crippen LogP contribution in [0.25, 0.3) is 0 Å². The molecule has 1 saturated heterocycles. The van der Waals surface area contributed by atoms with Gasteiger partial charge in [0.05, 0.1) is 16.9 Å². The van der Waals surface area contributed by atoms with Crippen molar-refractivity contribution >= 4 is 59.6 Å². The van der Waals surface area contributed by atoms with Crippen molar-refractivity contribution in [3.8, 4) is 0 Å². The van der Waals surface area contributed by atoms with Gasteiger partial charge in [-0.1, -0.05) is 35.1 Å². The van der Waals surface area contributed by atoms with E-state index in [0.29, 0.717) is 32.4 Å². The van der Waals surface area contributed by atoms with E-state index in [-0.39, 0.29) is 5.91 Å². The summed E-state index contributed by atoms with van der Waals surface area (Å²) in [5.74, 6) is 1.90. The number of carbonyl (C=O) groups excluding carboxylic acids is 1. The van der Waals surface area contributed by atoms with Crippen LogP contribution in [0.3, 0.4) is 0 Å². The minimum absolute atomic E-state index is 0.263. The first-order valence-corrected chi connectivity index (χ1v) is 16.3. The second-order valence-electron chi connectivity index (χ2n) is 9.59. The van der Waals surface area contributed by atoms with Crippen molar-refractivity contribution < 1.29 is 9.59 Å². The molecular weight excluding hydrogens is 514 g/mol. The Morgan fingerprint density at radius 3 is 2.64 bits per heavy atom. The van der Waals surface area contributed by atoms with Crippen LogP contribution in [-0.2, 0) is 0 Å². The van der Waals surface area contributed by atoms with Crippen molar-refractivity contribution in [2.24, 2.45) is 0 Å². The van der Waals surface area contributed by atoms with Crippen molar-refractivity contribution in [1.82, 2.24) is 19.9 Å². The summed E-state index contributed by atoms with van der Waals surface area (Å²) >= 11 is 7.49. The summed E-state index contributed by atoms with van der Waals surface area (Å²) in [7, 11) is -2.02. The molecule has 1 amide bonds. The topological polar surface area (TPSA) is 107 Å². The number of rotatable bonds is 8. The highest BCUT2D eigenvalue weighted by molar-refractivity contribution is 7.17. The van der Waals surface area contributed by atoms with Gasteiger partial charge in [0.25, 0.3) is 5.91 Å². The third kappa shape index (κ3) is 7.01. The molecule has 192 valence electrons. The summed E-state index contributed by atoms with van der Waals surface area (Å²) in [5, 5.41) is 7.17. The van der Waals surface area contributed by atoms with Crippen LogP contribution in [0.1, 0.15) is 21.1 Å². The van der Waals surface area contributed by atoms with Crippen LogP contribution >= 0.6 is 22.9 Å². The SMILES string of the molecule is Cc1nc(Nc2ncc(C(=O)Nc3c(C)cccc3Cl)s2)cc(N2CCN(CC[Si](C)(C)O)CC2)n1. The van der Waals surface area contributed by atoms with Gasteiger partial charge in [0.15, 0.2) is 13.4 Å². The molecule has 1 aliphatic heterocycles. The van der Waals surface area contributed by atoms with E-state index in [0.717, 1.165) is 50.1 Å². The zero-order valence-electron chi connectivity index (χ0n) is 21.0. The highest BCUT2D eigenvalue weighted by Crippen LogP contribution is 2.28. The predicted molar refractivity (Wildman–Crippen MR) is 149 cm³/mol. The first kappa shape index (κ1) is 26.5. The standard InChI is InChI=1S/C24H32ClN7O2SSi/c1-16-6-5-7-18(25)22(16)30-23(33)19-15-26-24(35-19)29-20-14-21(28-17(2)27-20)32-10-8-31(9-11-32)12-13-36(3,4)34/h5-7,14-15,34H,8-13H2,1-4H3,(H,30,33)(H,26,27,28,29). The minimum atomic E-state index is -2.02. The van der Waals surface area contributed by atoms with E-state index < -0.39 is 8.32 Å². The van der Waals surface area contributed by atoms with Gasteiger partial charge in [-0.05, 0) is 51.2 Å². The second-order valence-corrected chi connectivity index (χ2v) is 15.2. The molecule has 1 fully saturated rings. The first-order valence-electron chi connectivity index (χ1n) is 11.9. The van der Waals surface area contributed by atoms with Crippen LogP contribution < -0.4 is 15.5 Å². The third-order valence-electron chi connectivity index (χ3n) is 5.99. The fraction of sp³-hybridized carbons (Fsp3) is 0.417. The summed E-state index contributed by atoms with van der Waals surface area (Å²) in [6.07, 6.45) is 1.54. The number of halogens is 1. The number of amides is 1. The monoisotopic (exact) mass is 545 g/mol. The minimum Gasteiger partial charge on any atom is -0.432 e. The van der Waals surface area contributed by atoms with Crippen molar-refractivity contribution in [3.63, 3.8) is 0 Å². The van der Waals surface area contributed by atoms with E-state index in [1.54, 1.807) is 12.3 Å². The molecule has 3 N–H and O–H groups in total. The molecule has 3 aromatic rings. The van der Waals surface area contributed by atoms with Crippen LogP contribution in [-0.4, -0.2) is 71.6 Å². The highest BCUT2D eigenvalue weighted by Gasteiger charge is 2.23. The van der Waals surface area contributed by atoms with E-state index >= 15 is 0 Å². The Kier molecular flexibility index (Phi) is 8.26. The number of nitrogens with one attached hydrogen (secondary N) is 2. The molecule has 0 unspecified atom stereocenters. The molecule has 12 heteroatoms. The molecule has 0 bridgehead atoms. The molecule has 0 aliphatic carbocycles. The molecule has 0 spiro atoms. The number of piperazine rings is 1. The average Bonchev–Trinajstić information content (AvgIpc) is 3.28. The Morgan fingerprint density at radius 2 is 1.94 bits per heavy atom. The van der Waals surface area contributed by atoms with Crippen LogP contribution in [0, 0.1) is 13.8 Å². The molecule has 1 aromatic carbocycles. The van der Waals surface area contributed by atoms with Gasteiger partial charge in [0, 0.05) is 32.2 Å². The van der Waals surface area contributed by atoms with Crippen molar-refractivity contribution in [2.45, 2.75) is 33.0 Å². The van der Waals surface area contributed by atoms with Gasteiger partial charge in [0.1, 0.15) is 22.3 Å². The summed E-state index contributed by atoms with van der Waals surface area (Å²) in [6.45, 7) is 12.3. The fourth-order valence-electron chi connectivity index (χ4n) is 3.92. The molecule has 0 radical (unpaired) electrons. The van der Waals surface area contributed by atoms with E-state index in [1.165, 1.54) is 11.3 Å². The lowest BCUT2D eigenvalue weighted by atomic mass is 10.2. The molecular formula is C24H32ClN7O2SSi. The Balaban J connectivity index is 1.38. The molecule has 0 atom stereocenters. The number of anilines is 4. The number of hydrogen-bond donors (Lipinski definition) is 3. The van der Waals surface area contributed by atoms with Crippen molar-refractivity contribution in [1.29, 1.82) is 0 Å². The number of aromatic nitrogens is 3. The van der Waals surface area contributed by atoms with E-state index in [9.17, 15) is 9.59 Å². The van der Waals surface area contributed by atoms with Crippen LogP contribution in [0.15, 0.2) is 30.5 Å². The van der Waals surface area contributed by atoms with Crippen molar-refractivity contribution in [2.75, 3.05) is 48.3 Å². The summed E-state index contributed by atoms with van der Waals surface area (Å²) in [5.41, 5.74) is 1.49. The van der Waals surface area contributed by atoms with Crippen LogP contribution in [0.2, 0.25) is 24.2 Å². The largest absolute Gasteiger partial charge is 0.432 e. The van der Waals surface area contributed by atoms with E-state index in [4.69, 9.17) is 11.6 Å². The lowest BCUT2D eigenvalue weighted by Crippen LogP contribution is -2.48.